The molecule has 0 aliphatic heterocycles. The molecular formula is C18H24O3. The first-order valence-corrected chi connectivity index (χ1v) is 7.23. The van der Waals surface area contributed by atoms with Gasteiger partial charge in [0.1, 0.15) is 5.75 Å². The van der Waals surface area contributed by atoms with Crippen LogP contribution in [0.1, 0.15) is 32.8 Å². The Morgan fingerprint density at radius 2 is 1.81 bits per heavy atom. The Balaban J connectivity index is 2.35. The van der Waals surface area contributed by atoms with Gasteiger partial charge in [0.05, 0.1) is 19.3 Å². The second-order valence-electron chi connectivity index (χ2n) is 6.39. The van der Waals surface area contributed by atoms with Crippen molar-refractivity contribution in [1.82, 2.24) is 0 Å². The van der Waals surface area contributed by atoms with E-state index in [9.17, 15) is 10.2 Å². The Morgan fingerprint density at radius 3 is 2.38 bits per heavy atom. The van der Waals surface area contributed by atoms with Crippen LogP contribution in [0.3, 0.4) is 0 Å². The number of benzene rings is 1. The van der Waals surface area contributed by atoms with E-state index >= 15 is 0 Å². The lowest BCUT2D eigenvalue weighted by Gasteiger charge is -2.31. The summed E-state index contributed by atoms with van der Waals surface area (Å²) in [5, 5.41) is 20.3. The fourth-order valence-electron chi connectivity index (χ4n) is 2.72. The first kappa shape index (κ1) is 15.8. The molecular weight excluding hydrogens is 264 g/mol. The Bertz CT molecular complexity index is 552. The Labute approximate surface area is 126 Å². The van der Waals surface area contributed by atoms with Crippen molar-refractivity contribution in [2.75, 3.05) is 7.11 Å². The SMILES string of the molecule is COc1ccc(C=C2CC(C)(C)C(O)C(O)C=C2C)cc1. The third-order valence-electron chi connectivity index (χ3n) is 4.15. The van der Waals surface area contributed by atoms with Crippen LogP contribution in [0.5, 0.6) is 5.75 Å². The Kier molecular flexibility index (Phi) is 4.55. The largest absolute Gasteiger partial charge is 0.497 e. The van der Waals surface area contributed by atoms with Crippen molar-refractivity contribution in [3.05, 3.63) is 47.1 Å². The van der Waals surface area contributed by atoms with Crippen molar-refractivity contribution >= 4 is 6.08 Å². The van der Waals surface area contributed by atoms with Crippen LogP contribution < -0.4 is 4.74 Å². The zero-order valence-corrected chi connectivity index (χ0v) is 13.1. The molecule has 1 aliphatic rings. The highest BCUT2D eigenvalue weighted by Gasteiger charge is 2.35. The molecule has 0 aromatic heterocycles. The number of methoxy groups -OCH3 is 1. The molecule has 1 aliphatic carbocycles. The number of allylic oxidation sites excluding steroid dienone is 2. The summed E-state index contributed by atoms with van der Waals surface area (Å²) >= 11 is 0. The third-order valence-corrected chi connectivity index (χ3v) is 4.15. The van der Waals surface area contributed by atoms with Crippen LogP contribution in [0.2, 0.25) is 0 Å². The van der Waals surface area contributed by atoms with Crippen molar-refractivity contribution in [1.29, 1.82) is 0 Å². The topological polar surface area (TPSA) is 49.7 Å². The summed E-state index contributed by atoms with van der Waals surface area (Å²) in [6.45, 7) is 5.94. The average molecular weight is 288 g/mol. The maximum absolute atomic E-state index is 10.2. The molecule has 0 heterocycles. The zero-order valence-electron chi connectivity index (χ0n) is 13.1. The van der Waals surface area contributed by atoms with E-state index in [1.807, 2.05) is 45.0 Å². The smallest absolute Gasteiger partial charge is 0.118 e. The van der Waals surface area contributed by atoms with Gasteiger partial charge in [0.15, 0.2) is 0 Å². The maximum atomic E-state index is 10.2. The molecule has 2 unspecified atom stereocenters. The number of aliphatic hydroxyl groups excluding tert-OH is 2. The normalized spacial score (nSPS) is 27.1. The molecule has 0 saturated heterocycles. The number of hydrogen-bond donors (Lipinski definition) is 2. The molecule has 2 rings (SSSR count). The molecule has 3 nitrogen and oxygen atoms in total. The van der Waals surface area contributed by atoms with Gasteiger partial charge in [-0.25, -0.2) is 0 Å². The standard InChI is InChI=1S/C18H24O3/c1-12-9-16(19)17(20)18(2,3)11-14(12)10-13-5-7-15(21-4)8-6-13/h5-10,16-17,19-20H,11H2,1-4H3. The van der Waals surface area contributed by atoms with Gasteiger partial charge in [-0.1, -0.05) is 38.1 Å². The minimum Gasteiger partial charge on any atom is -0.497 e. The number of rotatable bonds is 2. The highest BCUT2D eigenvalue weighted by atomic mass is 16.5. The molecule has 1 aromatic carbocycles. The summed E-state index contributed by atoms with van der Waals surface area (Å²) in [6, 6.07) is 7.86. The van der Waals surface area contributed by atoms with Gasteiger partial charge in [-0.15, -0.1) is 0 Å². The predicted octanol–water partition coefficient (Wildman–Crippen LogP) is 3.18. The molecule has 21 heavy (non-hydrogen) atoms. The number of hydrogen-bond acceptors (Lipinski definition) is 3. The second kappa shape index (κ2) is 6.04. The quantitative estimate of drug-likeness (QED) is 0.878. The molecule has 0 saturated carbocycles. The maximum Gasteiger partial charge on any atom is 0.118 e. The van der Waals surface area contributed by atoms with E-state index in [2.05, 4.69) is 6.08 Å². The first-order chi connectivity index (χ1) is 9.83. The predicted molar refractivity (Wildman–Crippen MR) is 85.1 cm³/mol. The van der Waals surface area contributed by atoms with Gasteiger partial charge in [0.2, 0.25) is 0 Å². The third kappa shape index (κ3) is 3.55. The van der Waals surface area contributed by atoms with Crippen LogP contribution in [-0.2, 0) is 0 Å². The summed E-state index contributed by atoms with van der Waals surface area (Å²) in [5.74, 6) is 0.830. The van der Waals surface area contributed by atoms with E-state index < -0.39 is 12.2 Å². The Morgan fingerprint density at radius 1 is 1.19 bits per heavy atom. The number of aliphatic hydroxyl groups is 2. The monoisotopic (exact) mass is 288 g/mol. The van der Waals surface area contributed by atoms with Crippen LogP contribution in [0.15, 0.2) is 41.5 Å². The van der Waals surface area contributed by atoms with Crippen LogP contribution >= 0.6 is 0 Å². The highest BCUT2D eigenvalue weighted by Crippen LogP contribution is 2.38. The van der Waals surface area contributed by atoms with E-state index in [-0.39, 0.29) is 5.41 Å². The molecule has 114 valence electrons. The Hall–Kier alpha value is -1.58. The second-order valence-corrected chi connectivity index (χ2v) is 6.39. The lowest BCUT2D eigenvalue weighted by Crippen LogP contribution is -2.37. The van der Waals surface area contributed by atoms with Crippen molar-refractivity contribution in [3.8, 4) is 5.75 Å². The van der Waals surface area contributed by atoms with Gasteiger partial charge in [-0.3, -0.25) is 0 Å². The van der Waals surface area contributed by atoms with Crippen LogP contribution in [0.25, 0.3) is 6.08 Å². The molecule has 1 aromatic rings. The van der Waals surface area contributed by atoms with E-state index in [0.29, 0.717) is 0 Å². The summed E-state index contributed by atoms with van der Waals surface area (Å²) in [5.41, 5.74) is 2.87. The minimum absolute atomic E-state index is 0.369. The van der Waals surface area contributed by atoms with E-state index in [1.54, 1.807) is 13.2 Å². The summed E-state index contributed by atoms with van der Waals surface area (Å²) in [6.07, 6.45) is 3.00. The van der Waals surface area contributed by atoms with E-state index in [4.69, 9.17) is 4.74 Å². The van der Waals surface area contributed by atoms with Crippen LogP contribution in [0, 0.1) is 5.41 Å². The van der Waals surface area contributed by atoms with Crippen molar-refractivity contribution < 1.29 is 14.9 Å². The molecule has 0 amide bonds. The molecule has 0 bridgehead atoms. The summed E-state index contributed by atoms with van der Waals surface area (Å²) in [7, 11) is 1.65. The number of ether oxygens (including phenoxy) is 1. The summed E-state index contributed by atoms with van der Waals surface area (Å²) in [4.78, 5) is 0. The van der Waals surface area contributed by atoms with Gasteiger partial charge >= 0.3 is 0 Å². The molecule has 0 radical (unpaired) electrons. The summed E-state index contributed by atoms with van der Waals surface area (Å²) < 4.78 is 5.16. The molecule has 0 fully saturated rings. The van der Waals surface area contributed by atoms with Crippen molar-refractivity contribution in [2.24, 2.45) is 5.41 Å². The van der Waals surface area contributed by atoms with Gasteiger partial charge in [0, 0.05) is 0 Å². The first-order valence-electron chi connectivity index (χ1n) is 7.23. The van der Waals surface area contributed by atoms with Gasteiger partial charge in [-0.05, 0) is 47.6 Å². The van der Waals surface area contributed by atoms with Gasteiger partial charge in [-0.2, -0.15) is 0 Å². The molecule has 2 N–H and O–H groups in total. The minimum atomic E-state index is -0.818. The van der Waals surface area contributed by atoms with E-state index in [1.165, 1.54) is 0 Å². The highest BCUT2D eigenvalue weighted by molar-refractivity contribution is 5.59. The molecule has 0 spiro atoms. The van der Waals surface area contributed by atoms with Gasteiger partial charge in [0.25, 0.3) is 0 Å². The van der Waals surface area contributed by atoms with E-state index in [0.717, 1.165) is 28.9 Å². The van der Waals surface area contributed by atoms with Crippen LogP contribution in [-0.4, -0.2) is 29.5 Å². The molecule has 2 atom stereocenters. The molecule has 3 heteroatoms. The fourth-order valence-corrected chi connectivity index (χ4v) is 2.72. The lowest BCUT2D eigenvalue weighted by atomic mass is 9.79. The fraction of sp³-hybridized carbons (Fsp3) is 0.444. The van der Waals surface area contributed by atoms with Crippen molar-refractivity contribution in [2.45, 2.75) is 39.4 Å². The average Bonchev–Trinajstić information content (AvgIpc) is 2.51. The zero-order chi connectivity index (χ0) is 15.6. The lowest BCUT2D eigenvalue weighted by molar-refractivity contribution is -0.0272. The van der Waals surface area contributed by atoms with Gasteiger partial charge < -0.3 is 14.9 Å². The van der Waals surface area contributed by atoms with Crippen LogP contribution in [0.4, 0.5) is 0 Å². The van der Waals surface area contributed by atoms with Crippen molar-refractivity contribution in [3.63, 3.8) is 0 Å².